The number of methoxy groups -OCH3 is 1. The van der Waals surface area contributed by atoms with Gasteiger partial charge in [-0.2, -0.15) is 0 Å². The molecule has 30 heavy (non-hydrogen) atoms. The number of carbonyl (C=O) groups excluding carboxylic acids is 1. The third-order valence-electron chi connectivity index (χ3n) is 6.88. The van der Waals surface area contributed by atoms with Gasteiger partial charge in [0.15, 0.2) is 0 Å². The Bertz CT molecular complexity index is 865. The van der Waals surface area contributed by atoms with Gasteiger partial charge in [0.25, 0.3) is 5.91 Å². The Morgan fingerprint density at radius 1 is 0.933 bits per heavy atom. The molecular formula is C25H35N3O2. The molecule has 0 atom stereocenters. The van der Waals surface area contributed by atoms with Gasteiger partial charge in [0, 0.05) is 49.3 Å². The van der Waals surface area contributed by atoms with E-state index < -0.39 is 0 Å². The van der Waals surface area contributed by atoms with E-state index in [1.165, 1.54) is 43.5 Å². The number of anilines is 1. The minimum absolute atomic E-state index is 0.196. The standard InChI is InChI=1S/C25H35N3O2/c1-19-18-24(20(2)28(19)22-8-5-4-6-9-22)25(29)27-15-7-14-26(16-17-27)21-10-12-23(30-3)13-11-21/h10-13,18,22H,4-9,14-17H2,1-3H3. The monoisotopic (exact) mass is 409 g/mol. The van der Waals surface area contributed by atoms with Crippen LogP contribution in [0.5, 0.6) is 5.75 Å². The van der Waals surface area contributed by atoms with Crippen LogP contribution < -0.4 is 9.64 Å². The third-order valence-corrected chi connectivity index (χ3v) is 6.88. The van der Waals surface area contributed by atoms with Gasteiger partial charge in [-0.15, -0.1) is 0 Å². The smallest absolute Gasteiger partial charge is 0.255 e. The molecule has 2 aliphatic rings. The van der Waals surface area contributed by atoms with Crippen molar-refractivity contribution in [3.8, 4) is 5.75 Å². The zero-order valence-corrected chi connectivity index (χ0v) is 18.7. The summed E-state index contributed by atoms with van der Waals surface area (Å²) in [6, 6.07) is 10.9. The van der Waals surface area contributed by atoms with Crippen molar-refractivity contribution < 1.29 is 9.53 Å². The number of rotatable bonds is 4. The molecule has 0 N–H and O–H groups in total. The lowest BCUT2D eigenvalue weighted by Gasteiger charge is -2.27. The molecule has 1 aliphatic heterocycles. The molecule has 1 saturated heterocycles. The summed E-state index contributed by atoms with van der Waals surface area (Å²) in [6.45, 7) is 7.70. The number of hydrogen-bond acceptors (Lipinski definition) is 3. The Morgan fingerprint density at radius 3 is 2.37 bits per heavy atom. The molecule has 1 saturated carbocycles. The number of ether oxygens (including phenoxy) is 1. The van der Waals surface area contributed by atoms with Crippen molar-refractivity contribution in [3.05, 3.63) is 47.3 Å². The second kappa shape index (κ2) is 9.15. The number of carbonyl (C=O) groups is 1. The quantitative estimate of drug-likeness (QED) is 0.715. The van der Waals surface area contributed by atoms with Crippen LogP contribution in [-0.4, -0.2) is 48.7 Å². The van der Waals surface area contributed by atoms with Crippen molar-refractivity contribution in [2.75, 3.05) is 38.2 Å². The van der Waals surface area contributed by atoms with E-state index in [9.17, 15) is 4.79 Å². The molecule has 4 rings (SSSR count). The Balaban J connectivity index is 1.46. The van der Waals surface area contributed by atoms with Crippen molar-refractivity contribution >= 4 is 11.6 Å². The second-order valence-electron chi connectivity index (χ2n) is 8.78. The van der Waals surface area contributed by atoms with Gasteiger partial charge in [-0.3, -0.25) is 4.79 Å². The first-order valence-electron chi connectivity index (χ1n) is 11.4. The second-order valence-corrected chi connectivity index (χ2v) is 8.78. The van der Waals surface area contributed by atoms with Crippen molar-refractivity contribution in [2.45, 2.75) is 58.4 Å². The highest BCUT2D eigenvalue weighted by molar-refractivity contribution is 5.95. The molecule has 1 amide bonds. The van der Waals surface area contributed by atoms with E-state index in [1.54, 1.807) is 7.11 Å². The fourth-order valence-electron chi connectivity index (χ4n) is 5.24. The van der Waals surface area contributed by atoms with Crippen LogP contribution in [0.1, 0.15) is 66.3 Å². The topological polar surface area (TPSA) is 37.7 Å². The van der Waals surface area contributed by atoms with Crippen molar-refractivity contribution in [1.29, 1.82) is 0 Å². The van der Waals surface area contributed by atoms with Gasteiger partial charge >= 0.3 is 0 Å². The maximum atomic E-state index is 13.4. The van der Waals surface area contributed by atoms with Gasteiger partial charge in [-0.1, -0.05) is 19.3 Å². The highest BCUT2D eigenvalue weighted by atomic mass is 16.5. The minimum Gasteiger partial charge on any atom is -0.497 e. The lowest BCUT2D eigenvalue weighted by atomic mass is 9.95. The first-order valence-corrected chi connectivity index (χ1v) is 11.4. The van der Waals surface area contributed by atoms with Gasteiger partial charge in [0.1, 0.15) is 5.75 Å². The number of aryl methyl sites for hydroxylation is 1. The van der Waals surface area contributed by atoms with Gasteiger partial charge in [0.05, 0.1) is 12.7 Å². The number of nitrogens with zero attached hydrogens (tertiary/aromatic N) is 3. The van der Waals surface area contributed by atoms with Crippen LogP contribution in [0, 0.1) is 13.8 Å². The normalized spacial score (nSPS) is 18.4. The van der Waals surface area contributed by atoms with E-state index in [0.717, 1.165) is 49.6 Å². The fraction of sp³-hybridized carbons (Fsp3) is 0.560. The lowest BCUT2D eigenvalue weighted by Crippen LogP contribution is -2.35. The van der Waals surface area contributed by atoms with Crippen LogP contribution in [0.3, 0.4) is 0 Å². The van der Waals surface area contributed by atoms with E-state index in [-0.39, 0.29) is 5.91 Å². The Labute approximate surface area is 180 Å². The molecule has 1 aliphatic carbocycles. The number of benzene rings is 1. The summed E-state index contributed by atoms with van der Waals surface area (Å²) in [7, 11) is 1.69. The number of amides is 1. The SMILES string of the molecule is COc1ccc(N2CCCN(C(=O)c3cc(C)n(C4CCCCC4)c3C)CC2)cc1. The summed E-state index contributed by atoms with van der Waals surface area (Å²) in [5.74, 6) is 1.07. The molecule has 5 nitrogen and oxygen atoms in total. The van der Waals surface area contributed by atoms with Crippen LogP contribution in [0.15, 0.2) is 30.3 Å². The molecule has 1 aromatic heterocycles. The molecule has 0 spiro atoms. The highest BCUT2D eigenvalue weighted by Gasteiger charge is 2.26. The van der Waals surface area contributed by atoms with Crippen molar-refractivity contribution in [3.63, 3.8) is 0 Å². The molecule has 0 bridgehead atoms. The van der Waals surface area contributed by atoms with Crippen LogP contribution in [0.25, 0.3) is 0 Å². The predicted molar refractivity (Wildman–Crippen MR) is 122 cm³/mol. The van der Waals surface area contributed by atoms with Crippen molar-refractivity contribution in [2.24, 2.45) is 0 Å². The van der Waals surface area contributed by atoms with E-state index in [1.807, 2.05) is 12.1 Å². The number of aromatic nitrogens is 1. The average molecular weight is 410 g/mol. The summed E-state index contributed by atoms with van der Waals surface area (Å²) in [5.41, 5.74) is 4.48. The maximum absolute atomic E-state index is 13.4. The zero-order valence-electron chi connectivity index (χ0n) is 18.7. The van der Waals surface area contributed by atoms with E-state index >= 15 is 0 Å². The van der Waals surface area contributed by atoms with Gasteiger partial charge < -0.3 is 19.1 Å². The first kappa shape index (κ1) is 20.8. The molecular weight excluding hydrogens is 374 g/mol. The van der Waals surface area contributed by atoms with Gasteiger partial charge in [0.2, 0.25) is 0 Å². The maximum Gasteiger partial charge on any atom is 0.255 e. The molecule has 5 heteroatoms. The Kier molecular flexibility index (Phi) is 6.35. The summed E-state index contributed by atoms with van der Waals surface area (Å²) >= 11 is 0. The molecule has 0 radical (unpaired) electrons. The van der Waals surface area contributed by atoms with Crippen LogP contribution in [0.2, 0.25) is 0 Å². The zero-order chi connectivity index (χ0) is 21.1. The number of hydrogen-bond donors (Lipinski definition) is 0. The predicted octanol–water partition coefficient (Wildman–Crippen LogP) is 4.97. The van der Waals surface area contributed by atoms with E-state index in [0.29, 0.717) is 6.04 Å². The van der Waals surface area contributed by atoms with Crippen LogP contribution >= 0.6 is 0 Å². The van der Waals surface area contributed by atoms with E-state index in [2.05, 4.69) is 46.4 Å². The van der Waals surface area contributed by atoms with Crippen LogP contribution in [0.4, 0.5) is 5.69 Å². The van der Waals surface area contributed by atoms with Crippen molar-refractivity contribution in [1.82, 2.24) is 9.47 Å². The summed E-state index contributed by atoms with van der Waals surface area (Å²) < 4.78 is 7.71. The molecule has 2 fully saturated rings. The fourth-order valence-corrected chi connectivity index (χ4v) is 5.24. The lowest BCUT2D eigenvalue weighted by molar-refractivity contribution is 0.0766. The Hall–Kier alpha value is -2.43. The van der Waals surface area contributed by atoms with Gasteiger partial charge in [-0.25, -0.2) is 0 Å². The minimum atomic E-state index is 0.196. The molecule has 0 unspecified atom stereocenters. The molecule has 2 heterocycles. The Morgan fingerprint density at radius 2 is 1.67 bits per heavy atom. The highest BCUT2D eigenvalue weighted by Crippen LogP contribution is 2.32. The molecule has 2 aromatic rings. The summed E-state index contributed by atoms with van der Waals surface area (Å²) in [6.07, 6.45) is 7.42. The molecule has 1 aromatic carbocycles. The van der Waals surface area contributed by atoms with Crippen LogP contribution in [-0.2, 0) is 0 Å². The summed E-state index contributed by atoms with van der Waals surface area (Å²) in [4.78, 5) is 17.9. The first-order chi connectivity index (χ1) is 14.6. The largest absolute Gasteiger partial charge is 0.497 e. The van der Waals surface area contributed by atoms with E-state index in [4.69, 9.17) is 4.74 Å². The third kappa shape index (κ3) is 4.21. The average Bonchev–Trinajstić information content (AvgIpc) is 2.94. The van der Waals surface area contributed by atoms with Gasteiger partial charge in [-0.05, 0) is 63.4 Å². The summed E-state index contributed by atoms with van der Waals surface area (Å²) in [5, 5.41) is 0. The molecule has 162 valence electrons.